The lowest BCUT2D eigenvalue weighted by Gasteiger charge is -2.34. The van der Waals surface area contributed by atoms with Gasteiger partial charge in [0.25, 0.3) is 0 Å². The van der Waals surface area contributed by atoms with Gasteiger partial charge in [-0.1, -0.05) is 31.0 Å². The van der Waals surface area contributed by atoms with Crippen LogP contribution >= 0.6 is 0 Å². The van der Waals surface area contributed by atoms with E-state index in [1.165, 1.54) is 49.2 Å². The maximum absolute atomic E-state index is 5.85. The topological polar surface area (TPSA) is 29.3 Å². The SMILES string of the molecule is CCC1CCN(c2ccc(C)cc2CN)CC1. The lowest BCUT2D eigenvalue weighted by atomic mass is 9.93. The minimum Gasteiger partial charge on any atom is -0.371 e. The fourth-order valence-corrected chi connectivity index (χ4v) is 2.77. The van der Waals surface area contributed by atoms with Gasteiger partial charge < -0.3 is 10.6 Å². The first-order valence-electron chi connectivity index (χ1n) is 6.79. The van der Waals surface area contributed by atoms with Gasteiger partial charge in [0, 0.05) is 25.3 Å². The van der Waals surface area contributed by atoms with Gasteiger partial charge in [-0.25, -0.2) is 0 Å². The summed E-state index contributed by atoms with van der Waals surface area (Å²) in [5, 5.41) is 0. The van der Waals surface area contributed by atoms with E-state index in [0.717, 1.165) is 5.92 Å². The van der Waals surface area contributed by atoms with Crippen molar-refractivity contribution in [2.75, 3.05) is 18.0 Å². The van der Waals surface area contributed by atoms with Crippen molar-refractivity contribution in [2.24, 2.45) is 11.7 Å². The number of benzene rings is 1. The zero-order valence-electron chi connectivity index (χ0n) is 11.1. The Kier molecular flexibility index (Phi) is 4.06. The second kappa shape index (κ2) is 5.54. The van der Waals surface area contributed by atoms with Crippen LogP contribution in [0.15, 0.2) is 18.2 Å². The van der Waals surface area contributed by atoms with E-state index >= 15 is 0 Å². The van der Waals surface area contributed by atoms with Crippen LogP contribution in [-0.2, 0) is 6.54 Å². The van der Waals surface area contributed by atoms with E-state index in [0.29, 0.717) is 6.54 Å². The summed E-state index contributed by atoms with van der Waals surface area (Å²) in [4.78, 5) is 2.51. The molecule has 1 heterocycles. The van der Waals surface area contributed by atoms with Crippen molar-refractivity contribution < 1.29 is 0 Å². The van der Waals surface area contributed by atoms with Crippen molar-refractivity contribution in [3.05, 3.63) is 29.3 Å². The molecule has 2 nitrogen and oxygen atoms in total. The molecule has 0 spiro atoms. The van der Waals surface area contributed by atoms with E-state index < -0.39 is 0 Å². The number of piperidine rings is 1. The van der Waals surface area contributed by atoms with Crippen LogP contribution in [0.2, 0.25) is 0 Å². The Bertz CT molecular complexity index is 365. The summed E-state index contributed by atoms with van der Waals surface area (Å²) >= 11 is 0. The van der Waals surface area contributed by atoms with Crippen LogP contribution in [0.1, 0.15) is 37.3 Å². The number of hydrogen-bond donors (Lipinski definition) is 1. The molecule has 1 fully saturated rings. The fourth-order valence-electron chi connectivity index (χ4n) is 2.77. The molecule has 94 valence electrons. The average Bonchev–Trinajstić information content (AvgIpc) is 2.39. The van der Waals surface area contributed by atoms with E-state index in [4.69, 9.17) is 5.73 Å². The van der Waals surface area contributed by atoms with Gasteiger partial charge in [-0.05, 0) is 37.3 Å². The number of nitrogens with two attached hydrogens (primary N) is 1. The number of aryl methyl sites for hydroxylation is 1. The molecule has 0 atom stereocenters. The first-order chi connectivity index (χ1) is 8.24. The predicted octanol–water partition coefficient (Wildman–Crippen LogP) is 3.08. The van der Waals surface area contributed by atoms with E-state index in [2.05, 4.69) is 36.9 Å². The molecule has 0 radical (unpaired) electrons. The zero-order valence-corrected chi connectivity index (χ0v) is 11.1. The Morgan fingerprint density at radius 2 is 2.00 bits per heavy atom. The molecule has 2 N–H and O–H groups in total. The van der Waals surface area contributed by atoms with Crippen molar-refractivity contribution in [3.63, 3.8) is 0 Å². The number of hydrogen-bond acceptors (Lipinski definition) is 2. The van der Waals surface area contributed by atoms with Crippen LogP contribution in [-0.4, -0.2) is 13.1 Å². The van der Waals surface area contributed by atoms with Crippen molar-refractivity contribution >= 4 is 5.69 Å². The largest absolute Gasteiger partial charge is 0.371 e. The summed E-state index contributed by atoms with van der Waals surface area (Å²) < 4.78 is 0. The molecule has 0 bridgehead atoms. The highest BCUT2D eigenvalue weighted by molar-refractivity contribution is 5.55. The molecule has 0 amide bonds. The fraction of sp³-hybridized carbons (Fsp3) is 0.600. The Morgan fingerprint density at radius 3 is 2.59 bits per heavy atom. The molecule has 0 saturated carbocycles. The van der Waals surface area contributed by atoms with Crippen LogP contribution in [0.25, 0.3) is 0 Å². The van der Waals surface area contributed by atoms with E-state index in [1.54, 1.807) is 0 Å². The van der Waals surface area contributed by atoms with Gasteiger partial charge in [0.05, 0.1) is 0 Å². The smallest absolute Gasteiger partial charge is 0.0411 e. The molecule has 0 aliphatic carbocycles. The average molecular weight is 232 g/mol. The number of anilines is 1. The van der Waals surface area contributed by atoms with Gasteiger partial charge >= 0.3 is 0 Å². The summed E-state index contributed by atoms with van der Waals surface area (Å²) in [6, 6.07) is 6.66. The van der Waals surface area contributed by atoms with Crippen LogP contribution in [0, 0.1) is 12.8 Å². The van der Waals surface area contributed by atoms with Gasteiger partial charge in [-0.3, -0.25) is 0 Å². The summed E-state index contributed by atoms with van der Waals surface area (Å²) in [6.45, 7) is 7.46. The molecule has 1 aromatic carbocycles. The normalized spacial score (nSPS) is 17.5. The van der Waals surface area contributed by atoms with Gasteiger partial charge in [-0.15, -0.1) is 0 Å². The molecule has 17 heavy (non-hydrogen) atoms. The van der Waals surface area contributed by atoms with Crippen molar-refractivity contribution in [2.45, 2.75) is 39.7 Å². The van der Waals surface area contributed by atoms with E-state index in [9.17, 15) is 0 Å². The monoisotopic (exact) mass is 232 g/mol. The quantitative estimate of drug-likeness (QED) is 0.867. The Morgan fingerprint density at radius 1 is 1.29 bits per heavy atom. The van der Waals surface area contributed by atoms with Crippen molar-refractivity contribution in [1.82, 2.24) is 0 Å². The van der Waals surface area contributed by atoms with Crippen LogP contribution < -0.4 is 10.6 Å². The molecule has 2 rings (SSSR count). The highest BCUT2D eigenvalue weighted by atomic mass is 15.1. The number of rotatable bonds is 3. The minimum atomic E-state index is 0.644. The molecule has 1 aliphatic rings. The third-order valence-corrected chi connectivity index (χ3v) is 3.99. The maximum Gasteiger partial charge on any atom is 0.0411 e. The van der Waals surface area contributed by atoms with Crippen molar-refractivity contribution in [3.8, 4) is 0 Å². The second-order valence-corrected chi connectivity index (χ2v) is 5.17. The lowest BCUT2D eigenvalue weighted by molar-refractivity contribution is 0.395. The third kappa shape index (κ3) is 2.81. The van der Waals surface area contributed by atoms with Crippen LogP contribution in [0.3, 0.4) is 0 Å². The summed E-state index contributed by atoms with van der Waals surface area (Å²) in [7, 11) is 0. The molecule has 2 heteroatoms. The zero-order chi connectivity index (χ0) is 12.3. The molecular weight excluding hydrogens is 208 g/mol. The Labute approximate surface area is 105 Å². The molecule has 1 aromatic rings. The molecule has 0 aromatic heterocycles. The van der Waals surface area contributed by atoms with E-state index in [-0.39, 0.29) is 0 Å². The molecule has 1 saturated heterocycles. The standard InChI is InChI=1S/C15H24N2/c1-3-13-6-8-17(9-7-13)15-5-4-12(2)10-14(15)11-16/h4-5,10,13H,3,6-9,11,16H2,1-2H3. The van der Waals surface area contributed by atoms with Gasteiger partial charge in [-0.2, -0.15) is 0 Å². The molecule has 1 aliphatic heterocycles. The summed E-state index contributed by atoms with van der Waals surface area (Å²) in [5.41, 5.74) is 9.80. The second-order valence-electron chi connectivity index (χ2n) is 5.17. The number of nitrogens with zero attached hydrogens (tertiary/aromatic N) is 1. The molecule has 0 unspecified atom stereocenters. The molecular formula is C15H24N2. The minimum absolute atomic E-state index is 0.644. The highest BCUT2D eigenvalue weighted by Gasteiger charge is 2.19. The Balaban J connectivity index is 2.12. The van der Waals surface area contributed by atoms with Gasteiger partial charge in [0.2, 0.25) is 0 Å². The maximum atomic E-state index is 5.85. The summed E-state index contributed by atoms with van der Waals surface area (Å²) in [5.74, 6) is 0.929. The van der Waals surface area contributed by atoms with Gasteiger partial charge in [0.15, 0.2) is 0 Å². The first kappa shape index (κ1) is 12.4. The summed E-state index contributed by atoms with van der Waals surface area (Å²) in [6.07, 6.45) is 3.98. The highest BCUT2D eigenvalue weighted by Crippen LogP contribution is 2.28. The predicted molar refractivity (Wildman–Crippen MR) is 74.3 cm³/mol. The van der Waals surface area contributed by atoms with Crippen molar-refractivity contribution in [1.29, 1.82) is 0 Å². The first-order valence-corrected chi connectivity index (χ1v) is 6.79. The lowest BCUT2D eigenvalue weighted by Crippen LogP contribution is -2.34. The Hall–Kier alpha value is -1.02. The van der Waals surface area contributed by atoms with Crippen LogP contribution in [0.5, 0.6) is 0 Å². The van der Waals surface area contributed by atoms with Crippen LogP contribution in [0.4, 0.5) is 5.69 Å². The van der Waals surface area contributed by atoms with E-state index in [1.807, 2.05) is 0 Å². The van der Waals surface area contributed by atoms with Gasteiger partial charge in [0.1, 0.15) is 0 Å². The third-order valence-electron chi connectivity index (χ3n) is 3.99.